The van der Waals surface area contributed by atoms with Gasteiger partial charge in [0.05, 0.1) is 22.6 Å². The highest BCUT2D eigenvalue weighted by Crippen LogP contribution is 2.22. The molecule has 0 atom stereocenters. The number of carbonyl (C=O) groups excluding carboxylic acids is 1. The third kappa shape index (κ3) is 2.42. The summed E-state index contributed by atoms with van der Waals surface area (Å²) in [6, 6.07) is 16.6. The largest absolute Gasteiger partial charge is 0.296 e. The smallest absolute Gasteiger partial charge is 0.170 e. The van der Waals surface area contributed by atoms with Crippen LogP contribution in [0.2, 0.25) is 0 Å². The van der Waals surface area contributed by atoms with E-state index >= 15 is 0 Å². The van der Waals surface area contributed by atoms with Gasteiger partial charge < -0.3 is 0 Å². The molecular weight excluding hydrogens is 264 g/mol. The van der Waals surface area contributed by atoms with Crippen LogP contribution in [0.3, 0.4) is 0 Å². The monoisotopic (exact) mass is 274 g/mol. The minimum Gasteiger partial charge on any atom is -0.296 e. The average molecular weight is 274 g/mol. The fourth-order valence-corrected chi connectivity index (χ4v) is 2.02. The zero-order valence-corrected chi connectivity index (χ0v) is 11.0. The molecular formula is C16H10N4O. The molecule has 100 valence electrons. The number of hydrogen-bond acceptors (Lipinski definition) is 4. The fraction of sp³-hybridized carbons (Fsp3) is 0. The molecule has 0 fully saturated rings. The van der Waals surface area contributed by atoms with Crippen molar-refractivity contribution >= 4 is 6.29 Å². The van der Waals surface area contributed by atoms with E-state index in [1.165, 1.54) is 6.20 Å². The predicted molar refractivity (Wildman–Crippen MR) is 76.9 cm³/mol. The van der Waals surface area contributed by atoms with Gasteiger partial charge in [-0.1, -0.05) is 18.2 Å². The summed E-state index contributed by atoms with van der Waals surface area (Å²) in [5.74, 6) is 0. The molecule has 0 amide bonds. The van der Waals surface area contributed by atoms with Crippen LogP contribution < -0.4 is 0 Å². The van der Waals surface area contributed by atoms with Crippen molar-refractivity contribution < 1.29 is 4.79 Å². The summed E-state index contributed by atoms with van der Waals surface area (Å²) in [6.45, 7) is 0. The van der Waals surface area contributed by atoms with E-state index in [0.717, 1.165) is 5.69 Å². The van der Waals surface area contributed by atoms with Gasteiger partial charge in [0.25, 0.3) is 0 Å². The molecule has 0 radical (unpaired) electrons. The Morgan fingerprint density at radius 3 is 2.57 bits per heavy atom. The van der Waals surface area contributed by atoms with Gasteiger partial charge in [-0.05, 0) is 30.3 Å². The minimum absolute atomic E-state index is 0.333. The second-order valence-corrected chi connectivity index (χ2v) is 4.36. The van der Waals surface area contributed by atoms with Gasteiger partial charge in [-0.3, -0.25) is 9.78 Å². The zero-order valence-electron chi connectivity index (χ0n) is 11.0. The molecule has 21 heavy (non-hydrogen) atoms. The molecule has 0 unspecified atom stereocenters. The first-order valence-corrected chi connectivity index (χ1v) is 6.29. The molecule has 5 heteroatoms. The number of para-hydroxylation sites is 1. The Morgan fingerprint density at radius 1 is 1.14 bits per heavy atom. The van der Waals surface area contributed by atoms with E-state index in [4.69, 9.17) is 5.26 Å². The van der Waals surface area contributed by atoms with E-state index in [9.17, 15) is 4.79 Å². The van der Waals surface area contributed by atoms with E-state index in [1.54, 1.807) is 22.9 Å². The minimum atomic E-state index is 0.333. The van der Waals surface area contributed by atoms with Crippen molar-refractivity contribution in [3.63, 3.8) is 0 Å². The molecule has 0 saturated carbocycles. The third-order valence-electron chi connectivity index (χ3n) is 3.00. The second-order valence-electron chi connectivity index (χ2n) is 4.36. The van der Waals surface area contributed by atoms with Crippen LogP contribution >= 0.6 is 0 Å². The maximum absolute atomic E-state index is 11.0. The summed E-state index contributed by atoms with van der Waals surface area (Å²) in [5.41, 5.74) is 3.01. The van der Waals surface area contributed by atoms with E-state index in [0.29, 0.717) is 28.9 Å². The lowest BCUT2D eigenvalue weighted by atomic mass is 10.2. The van der Waals surface area contributed by atoms with Gasteiger partial charge in [0.15, 0.2) is 6.29 Å². The Balaban J connectivity index is 2.15. The Hall–Kier alpha value is -3.26. The van der Waals surface area contributed by atoms with Gasteiger partial charge in [-0.15, -0.1) is 0 Å². The van der Waals surface area contributed by atoms with Gasteiger partial charge in [-0.2, -0.15) is 10.4 Å². The summed E-state index contributed by atoms with van der Waals surface area (Å²) in [7, 11) is 0. The fourth-order valence-electron chi connectivity index (χ4n) is 2.02. The van der Waals surface area contributed by atoms with E-state index in [2.05, 4.69) is 10.1 Å². The van der Waals surface area contributed by atoms with E-state index in [1.807, 2.05) is 36.4 Å². The molecule has 1 aromatic carbocycles. The number of benzene rings is 1. The van der Waals surface area contributed by atoms with Crippen molar-refractivity contribution in [2.24, 2.45) is 0 Å². The summed E-state index contributed by atoms with van der Waals surface area (Å²) >= 11 is 0. The summed E-state index contributed by atoms with van der Waals surface area (Å²) < 4.78 is 1.66. The van der Waals surface area contributed by atoms with Crippen LogP contribution in [-0.2, 0) is 0 Å². The van der Waals surface area contributed by atoms with Crippen molar-refractivity contribution in [2.45, 2.75) is 0 Å². The Kier molecular flexibility index (Phi) is 3.27. The Labute approximate surface area is 121 Å². The molecule has 0 aliphatic rings. The standard InChI is InChI=1S/C16H10N4O/c17-9-12-6-7-15(18-10-12)16-8-13(11-21)19-20(16)14-4-2-1-3-5-14/h1-8,10-11H. The first kappa shape index (κ1) is 12.8. The molecule has 0 saturated heterocycles. The van der Waals surface area contributed by atoms with Crippen molar-refractivity contribution in [1.82, 2.24) is 14.8 Å². The van der Waals surface area contributed by atoms with Crippen LogP contribution in [0.5, 0.6) is 0 Å². The van der Waals surface area contributed by atoms with Crippen LogP contribution in [0.15, 0.2) is 54.7 Å². The number of aldehydes is 1. The highest BCUT2D eigenvalue weighted by molar-refractivity contribution is 5.75. The topological polar surface area (TPSA) is 71.6 Å². The van der Waals surface area contributed by atoms with Gasteiger partial charge >= 0.3 is 0 Å². The van der Waals surface area contributed by atoms with E-state index in [-0.39, 0.29) is 0 Å². The molecule has 3 rings (SSSR count). The molecule has 3 aromatic rings. The molecule has 0 spiro atoms. The average Bonchev–Trinajstić information content (AvgIpc) is 3.00. The zero-order chi connectivity index (χ0) is 14.7. The lowest BCUT2D eigenvalue weighted by Crippen LogP contribution is -2.00. The van der Waals surface area contributed by atoms with Crippen LogP contribution in [0.25, 0.3) is 17.1 Å². The summed E-state index contributed by atoms with van der Waals surface area (Å²) in [5, 5.41) is 13.1. The molecule has 0 aliphatic heterocycles. The third-order valence-corrected chi connectivity index (χ3v) is 3.00. The quantitative estimate of drug-likeness (QED) is 0.688. The molecule has 2 heterocycles. The van der Waals surface area contributed by atoms with E-state index < -0.39 is 0 Å². The lowest BCUT2D eigenvalue weighted by Gasteiger charge is -2.06. The van der Waals surface area contributed by atoms with Gasteiger partial charge in [0.1, 0.15) is 11.8 Å². The number of pyridine rings is 1. The van der Waals surface area contributed by atoms with Crippen LogP contribution in [0.4, 0.5) is 0 Å². The van der Waals surface area contributed by atoms with Gasteiger partial charge in [0.2, 0.25) is 0 Å². The normalized spacial score (nSPS) is 10.0. The first-order valence-electron chi connectivity index (χ1n) is 6.29. The van der Waals surface area contributed by atoms with Crippen molar-refractivity contribution in [1.29, 1.82) is 5.26 Å². The Bertz CT molecular complexity index is 814. The van der Waals surface area contributed by atoms with Crippen LogP contribution in [0.1, 0.15) is 16.1 Å². The summed E-state index contributed by atoms with van der Waals surface area (Å²) in [6.07, 6.45) is 2.20. The van der Waals surface area contributed by atoms with Crippen LogP contribution in [0, 0.1) is 11.3 Å². The summed E-state index contributed by atoms with van der Waals surface area (Å²) in [4.78, 5) is 15.3. The molecule has 5 nitrogen and oxygen atoms in total. The first-order chi connectivity index (χ1) is 10.3. The number of rotatable bonds is 3. The second kappa shape index (κ2) is 5.39. The van der Waals surface area contributed by atoms with Crippen LogP contribution in [-0.4, -0.2) is 21.1 Å². The number of nitrogens with zero attached hydrogens (tertiary/aromatic N) is 4. The Morgan fingerprint density at radius 2 is 1.95 bits per heavy atom. The predicted octanol–water partition coefficient (Wildman–Crippen LogP) is 2.62. The lowest BCUT2D eigenvalue weighted by molar-refractivity contribution is 0.111. The highest BCUT2D eigenvalue weighted by atomic mass is 16.1. The number of aromatic nitrogens is 3. The van der Waals surface area contributed by atoms with Crippen molar-refractivity contribution in [3.05, 3.63) is 66.0 Å². The highest BCUT2D eigenvalue weighted by Gasteiger charge is 2.12. The molecule has 2 aromatic heterocycles. The number of nitriles is 1. The van der Waals surface area contributed by atoms with Gasteiger partial charge in [0, 0.05) is 6.20 Å². The van der Waals surface area contributed by atoms with Crippen molar-refractivity contribution in [3.8, 4) is 23.1 Å². The molecule has 0 bridgehead atoms. The maximum Gasteiger partial charge on any atom is 0.170 e. The number of hydrogen-bond donors (Lipinski definition) is 0. The molecule has 0 N–H and O–H groups in total. The molecule has 0 aliphatic carbocycles. The van der Waals surface area contributed by atoms with Crippen molar-refractivity contribution in [2.75, 3.05) is 0 Å². The van der Waals surface area contributed by atoms with Gasteiger partial charge in [-0.25, -0.2) is 4.68 Å². The maximum atomic E-state index is 11.0. The SMILES string of the molecule is N#Cc1ccc(-c2cc(C=O)nn2-c2ccccc2)nc1. The number of carbonyl (C=O) groups is 1.